The Hall–Kier alpha value is -11.3. The van der Waals surface area contributed by atoms with Gasteiger partial charge in [-0.1, -0.05) is 202 Å². The zero-order valence-electron chi connectivity index (χ0n) is 48.7. The molecule has 0 amide bonds. The number of furan rings is 2. The van der Waals surface area contributed by atoms with E-state index in [2.05, 4.69) is 133 Å². The molecule has 0 aliphatic heterocycles. The summed E-state index contributed by atoms with van der Waals surface area (Å²) in [7, 11) is 0. The highest BCUT2D eigenvalue weighted by Crippen LogP contribution is 2.54. The van der Waals surface area contributed by atoms with Gasteiger partial charge in [-0.3, -0.25) is 0 Å². The summed E-state index contributed by atoms with van der Waals surface area (Å²) in [5, 5.41) is 8.19. The van der Waals surface area contributed by atoms with Gasteiger partial charge in [0.2, 0.25) is 0 Å². The fourth-order valence-electron chi connectivity index (χ4n) is 14.0. The van der Waals surface area contributed by atoms with Gasteiger partial charge in [0.1, 0.15) is 22.3 Å². The highest BCUT2D eigenvalue weighted by Gasteiger charge is 2.36. The topological polar surface area (TPSA) is 32.8 Å². The van der Waals surface area contributed by atoms with Crippen LogP contribution < -0.4 is 9.80 Å². The molecule has 0 atom stereocenters. The first-order chi connectivity index (χ1) is 43.7. The number of para-hydroxylation sites is 2. The largest absolute Gasteiger partial charge is 0.456 e. The minimum atomic E-state index is -0.539. The number of halogens is 2. The van der Waals surface area contributed by atoms with E-state index < -0.39 is 5.41 Å². The summed E-state index contributed by atoms with van der Waals surface area (Å²) in [6.45, 7) is 4.60. The van der Waals surface area contributed by atoms with Crippen molar-refractivity contribution in [3.8, 4) is 55.6 Å². The first kappa shape index (κ1) is 52.0. The summed E-state index contributed by atoms with van der Waals surface area (Å²) >= 11 is 0. The van der Waals surface area contributed by atoms with Crippen LogP contribution in [0.15, 0.2) is 300 Å². The van der Waals surface area contributed by atoms with Gasteiger partial charge in [0.05, 0.1) is 11.4 Å². The highest BCUT2D eigenvalue weighted by atomic mass is 19.1. The van der Waals surface area contributed by atoms with Crippen molar-refractivity contribution < 1.29 is 17.6 Å². The summed E-state index contributed by atoms with van der Waals surface area (Å²) in [4.78, 5) is 4.16. The number of rotatable bonds is 10. The quantitative estimate of drug-likeness (QED) is 0.128. The fraction of sp³-hybridized carbons (Fsp3) is 0.0361. The molecule has 2 aromatic heterocycles. The van der Waals surface area contributed by atoms with Crippen molar-refractivity contribution in [3.63, 3.8) is 0 Å². The van der Waals surface area contributed by atoms with E-state index in [0.717, 1.165) is 138 Å². The second kappa shape index (κ2) is 20.4. The maximum absolute atomic E-state index is 18.3. The van der Waals surface area contributed by atoms with Gasteiger partial charge in [-0.05, 0) is 180 Å². The average molecular weight is 1150 g/mol. The molecule has 4 nitrogen and oxygen atoms in total. The molecule has 0 saturated heterocycles. The Balaban J connectivity index is 0.866. The van der Waals surface area contributed by atoms with Crippen molar-refractivity contribution in [1.29, 1.82) is 0 Å². The summed E-state index contributed by atoms with van der Waals surface area (Å²) in [5.74, 6) is -0.663. The van der Waals surface area contributed by atoms with Gasteiger partial charge in [0, 0.05) is 60.8 Å². The Morgan fingerprint density at radius 1 is 0.281 bits per heavy atom. The predicted molar refractivity (Wildman–Crippen MR) is 365 cm³/mol. The predicted octanol–water partition coefficient (Wildman–Crippen LogP) is 24.0. The minimum absolute atomic E-state index is 0.330. The SMILES string of the molecule is CC1(C)c2cc(N(c3ccc4oc5ccccc5c4c3)c3cc(-c4ccccc4)cc(-c4ccccc4)c3F)ccc2-c2cc3ccc(N(c4ccc5oc6ccccc6c5c4)c4cc(-c5ccccc5)cc(-c5ccccc5)c4F)cc3c3cccc1c23. The molecule has 0 fully saturated rings. The molecule has 89 heavy (non-hydrogen) atoms. The molecule has 0 spiro atoms. The van der Waals surface area contributed by atoms with E-state index in [1.165, 1.54) is 5.56 Å². The first-order valence-corrected chi connectivity index (χ1v) is 30.2. The van der Waals surface area contributed by atoms with Crippen LogP contribution in [0.25, 0.3) is 121 Å². The molecule has 2 heterocycles. The fourth-order valence-corrected chi connectivity index (χ4v) is 14.0. The van der Waals surface area contributed by atoms with E-state index in [9.17, 15) is 0 Å². The van der Waals surface area contributed by atoms with Crippen molar-refractivity contribution in [2.24, 2.45) is 0 Å². The zero-order valence-corrected chi connectivity index (χ0v) is 48.7. The highest BCUT2D eigenvalue weighted by molar-refractivity contribution is 6.18. The maximum atomic E-state index is 18.3. The van der Waals surface area contributed by atoms with Gasteiger partial charge in [-0.15, -0.1) is 0 Å². The molecule has 1 aliphatic rings. The monoisotopic (exact) mass is 1150 g/mol. The Morgan fingerprint density at radius 3 is 1.21 bits per heavy atom. The van der Waals surface area contributed by atoms with Crippen molar-refractivity contribution >= 4 is 99.5 Å². The molecule has 1 aliphatic carbocycles. The van der Waals surface area contributed by atoms with Crippen LogP contribution in [0, 0.1) is 11.6 Å². The number of fused-ring (bicyclic) bond motifs is 10. The smallest absolute Gasteiger partial charge is 0.155 e. The van der Waals surface area contributed by atoms with Crippen molar-refractivity contribution in [2.45, 2.75) is 19.3 Å². The van der Waals surface area contributed by atoms with E-state index in [0.29, 0.717) is 22.5 Å². The Morgan fingerprint density at radius 2 is 0.697 bits per heavy atom. The lowest BCUT2D eigenvalue weighted by atomic mass is 9.68. The summed E-state index contributed by atoms with van der Waals surface area (Å²) in [6, 6.07) is 98.6. The lowest BCUT2D eigenvalue weighted by molar-refractivity contribution is 0.632. The van der Waals surface area contributed by atoms with Crippen LogP contribution in [0.5, 0.6) is 0 Å². The summed E-state index contributed by atoms with van der Waals surface area (Å²) in [5.41, 5.74) is 17.4. The Labute approximate surface area is 513 Å². The van der Waals surface area contributed by atoms with E-state index in [1.807, 2.05) is 182 Å². The van der Waals surface area contributed by atoms with Crippen molar-refractivity contribution in [1.82, 2.24) is 0 Å². The van der Waals surface area contributed by atoms with E-state index in [4.69, 9.17) is 8.83 Å². The molecule has 422 valence electrons. The van der Waals surface area contributed by atoms with Crippen LogP contribution >= 0.6 is 0 Å². The van der Waals surface area contributed by atoms with Gasteiger partial charge in [-0.2, -0.15) is 0 Å². The number of hydrogen-bond donors (Lipinski definition) is 0. The third-order valence-corrected chi connectivity index (χ3v) is 18.3. The number of nitrogens with zero attached hydrogens (tertiary/aromatic N) is 2. The summed E-state index contributed by atoms with van der Waals surface area (Å²) < 4.78 is 49.2. The Bertz CT molecular complexity index is 5500. The van der Waals surface area contributed by atoms with E-state index in [1.54, 1.807) is 0 Å². The lowest BCUT2D eigenvalue weighted by Crippen LogP contribution is -2.24. The number of benzene rings is 14. The van der Waals surface area contributed by atoms with Crippen LogP contribution in [0.1, 0.15) is 25.0 Å². The molecule has 0 radical (unpaired) electrons. The summed E-state index contributed by atoms with van der Waals surface area (Å²) in [6.07, 6.45) is 0. The molecule has 0 N–H and O–H groups in total. The molecular weight excluding hydrogens is 1090 g/mol. The van der Waals surface area contributed by atoms with Gasteiger partial charge in [0.25, 0.3) is 0 Å². The maximum Gasteiger partial charge on any atom is 0.155 e. The number of anilines is 6. The zero-order chi connectivity index (χ0) is 59.5. The molecular formula is C83H54F2N2O2. The molecule has 14 aromatic carbocycles. The third-order valence-electron chi connectivity index (χ3n) is 18.3. The normalized spacial score (nSPS) is 12.6. The molecule has 0 saturated carbocycles. The standard InChI is InChI=1S/C83H54F2N2O2/c1-83(2)72-31-19-30-65-66-47-58(86(59-37-40-78-69(48-59)63-28-15-17-32-76(63)88-78)74-45-56(51-20-7-3-8-21-51)43-67(81(74)84)53-24-11-5-12-25-53)35-34-55(66)42-71(80(65)72)62-39-36-61(50-73(62)83)87(60-38-41-79-70(49-60)64-29-16-18-33-77(64)89-79)75-46-57(52-22-9-4-10-23-52)44-68(82(75)85)54-26-13-6-14-27-54/h3-50H,1-2H3. The third kappa shape index (κ3) is 8.47. The van der Waals surface area contributed by atoms with Crippen LogP contribution in [0.3, 0.4) is 0 Å². The van der Waals surface area contributed by atoms with Crippen molar-refractivity contribution in [2.75, 3.05) is 9.80 Å². The van der Waals surface area contributed by atoms with Crippen LogP contribution in [0.4, 0.5) is 42.9 Å². The number of hydrogen-bond acceptors (Lipinski definition) is 4. The molecule has 16 aromatic rings. The van der Waals surface area contributed by atoms with Gasteiger partial charge in [0.15, 0.2) is 11.6 Å². The van der Waals surface area contributed by atoms with E-state index >= 15 is 8.78 Å². The molecule has 0 unspecified atom stereocenters. The Kier molecular flexibility index (Phi) is 11.9. The van der Waals surface area contributed by atoms with Crippen molar-refractivity contribution in [3.05, 3.63) is 314 Å². The minimum Gasteiger partial charge on any atom is -0.456 e. The van der Waals surface area contributed by atoms with Gasteiger partial charge >= 0.3 is 0 Å². The van der Waals surface area contributed by atoms with Crippen LogP contribution in [-0.2, 0) is 5.41 Å². The van der Waals surface area contributed by atoms with Crippen LogP contribution in [-0.4, -0.2) is 0 Å². The average Bonchev–Trinajstić information content (AvgIpc) is 1.49. The molecule has 17 rings (SSSR count). The van der Waals surface area contributed by atoms with Crippen LogP contribution in [0.2, 0.25) is 0 Å². The van der Waals surface area contributed by atoms with E-state index in [-0.39, 0.29) is 11.6 Å². The van der Waals surface area contributed by atoms with Gasteiger partial charge in [-0.25, -0.2) is 8.78 Å². The van der Waals surface area contributed by atoms with Gasteiger partial charge < -0.3 is 18.6 Å². The molecule has 0 bridgehead atoms. The second-order valence-corrected chi connectivity index (χ2v) is 23.8. The lowest BCUT2D eigenvalue weighted by Gasteiger charge is -2.37. The second-order valence-electron chi connectivity index (χ2n) is 23.8. The first-order valence-electron chi connectivity index (χ1n) is 30.2. The molecule has 6 heteroatoms.